The first kappa shape index (κ1) is 11.9. The van der Waals surface area contributed by atoms with Crippen LogP contribution >= 0.6 is 0 Å². The Balaban J connectivity index is 4.48. The van der Waals surface area contributed by atoms with Gasteiger partial charge >= 0.3 is 5.97 Å². The molecule has 0 heterocycles. The van der Waals surface area contributed by atoms with E-state index in [4.69, 9.17) is 6.42 Å². The largest absolute Gasteiger partial charge is 0.468 e. The number of nitrogens with one attached hydrogen (secondary N) is 1. The summed E-state index contributed by atoms with van der Waals surface area (Å²) < 4.78 is 28.7. The van der Waals surface area contributed by atoms with Crippen LogP contribution in [0.4, 0.5) is 0 Å². The predicted octanol–water partition coefficient (Wildman–Crippen LogP) is -0.899. The Labute approximate surface area is 77.5 Å². The van der Waals surface area contributed by atoms with Crippen LogP contribution in [0.25, 0.3) is 0 Å². The number of esters is 1. The second kappa shape index (κ2) is 4.84. The van der Waals surface area contributed by atoms with Crippen molar-refractivity contribution in [3.8, 4) is 12.3 Å². The lowest BCUT2D eigenvalue weighted by atomic mass is 10.5. The van der Waals surface area contributed by atoms with Crippen LogP contribution in [0.3, 0.4) is 0 Å². The third-order valence-corrected chi connectivity index (χ3v) is 3.04. The zero-order chi connectivity index (χ0) is 10.5. The fourth-order valence-electron chi connectivity index (χ4n) is 0.560. The first-order valence-electron chi connectivity index (χ1n) is 3.45. The summed E-state index contributed by atoms with van der Waals surface area (Å²) in [5, 5.41) is -1.24. The zero-order valence-electron chi connectivity index (χ0n) is 7.40. The van der Waals surface area contributed by atoms with Gasteiger partial charge in [-0.05, 0) is 6.92 Å². The van der Waals surface area contributed by atoms with Gasteiger partial charge in [0.05, 0.1) is 13.7 Å². The molecule has 74 valence electrons. The second-order valence-corrected chi connectivity index (χ2v) is 4.32. The predicted molar refractivity (Wildman–Crippen MR) is 47.2 cm³/mol. The first-order valence-corrected chi connectivity index (χ1v) is 5.00. The van der Waals surface area contributed by atoms with Crippen LogP contribution in [0.2, 0.25) is 0 Å². The van der Waals surface area contributed by atoms with Crippen molar-refractivity contribution in [3.05, 3.63) is 0 Å². The highest BCUT2D eigenvalue weighted by atomic mass is 32.2. The van der Waals surface area contributed by atoms with Crippen LogP contribution in [0.5, 0.6) is 0 Å². The first-order chi connectivity index (χ1) is 5.95. The number of methoxy groups -OCH3 is 1. The van der Waals surface area contributed by atoms with Crippen LogP contribution in [0.1, 0.15) is 6.92 Å². The molecule has 0 bridgehead atoms. The van der Waals surface area contributed by atoms with Crippen molar-refractivity contribution in [2.24, 2.45) is 0 Å². The molecule has 0 aliphatic carbocycles. The Morgan fingerprint density at radius 2 is 2.23 bits per heavy atom. The van der Waals surface area contributed by atoms with E-state index in [9.17, 15) is 13.2 Å². The average molecular weight is 205 g/mol. The van der Waals surface area contributed by atoms with Gasteiger partial charge in [0.25, 0.3) is 0 Å². The minimum Gasteiger partial charge on any atom is -0.468 e. The molecule has 0 aromatic heterocycles. The van der Waals surface area contributed by atoms with Gasteiger partial charge in [0.1, 0.15) is 0 Å². The summed E-state index contributed by atoms with van der Waals surface area (Å²) in [5.41, 5.74) is 0. The van der Waals surface area contributed by atoms with Crippen LogP contribution < -0.4 is 4.72 Å². The van der Waals surface area contributed by atoms with E-state index in [1.807, 2.05) is 0 Å². The molecule has 13 heavy (non-hydrogen) atoms. The van der Waals surface area contributed by atoms with Crippen LogP contribution in [0, 0.1) is 12.3 Å². The van der Waals surface area contributed by atoms with Crippen LogP contribution in [-0.2, 0) is 19.6 Å². The fraction of sp³-hybridized carbons (Fsp3) is 0.571. The SMILES string of the molecule is C#CCNS(=O)(=O)C(C)C(=O)OC. The summed E-state index contributed by atoms with van der Waals surface area (Å²) in [6.45, 7) is 1.09. The van der Waals surface area contributed by atoms with E-state index in [0.29, 0.717) is 0 Å². The van der Waals surface area contributed by atoms with Crippen molar-refractivity contribution in [2.75, 3.05) is 13.7 Å². The zero-order valence-corrected chi connectivity index (χ0v) is 8.22. The molecule has 1 N–H and O–H groups in total. The molecule has 1 unspecified atom stereocenters. The summed E-state index contributed by atoms with van der Waals surface area (Å²) >= 11 is 0. The molecule has 0 fully saturated rings. The molecule has 1 atom stereocenters. The Kier molecular flexibility index (Phi) is 4.45. The normalized spacial score (nSPS) is 13.0. The van der Waals surface area contributed by atoms with Gasteiger partial charge in [0.2, 0.25) is 10.0 Å². The number of carbonyl (C=O) groups excluding carboxylic acids is 1. The lowest BCUT2D eigenvalue weighted by Gasteiger charge is -2.09. The highest BCUT2D eigenvalue weighted by molar-refractivity contribution is 7.90. The molecule has 0 aliphatic heterocycles. The molecule has 0 rings (SSSR count). The van der Waals surface area contributed by atoms with Gasteiger partial charge in [-0.1, -0.05) is 5.92 Å². The number of rotatable bonds is 4. The lowest BCUT2D eigenvalue weighted by Crippen LogP contribution is -2.38. The molecule has 0 radical (unpaired) electrons. The number of carbonyl (C=O) groups is 1. The Bertz CT molecular complexity index is 314. The van der Waals surface area contributed by atoms with Crippen molar-refractivity contribution in [3.63, 3.8) is 0 Å². The minimum absolute atomic E-state index is 0.135. The molecule has 0 amide bonds. The van der Waals surface area contributed by atoms with E-state index in [2.05, 4.69) is 15.4 Å². The van der Waals surface area contributed by atoms with Gasteiger partial charge < -0.3 is 4.74 Å². The summed E-state index contributed by atoms with van der Waals surface area (Å²) in [6.07, 6.45) is 4.85. The molecule has 0 spiro atoms. The minimum atomic E-state index is -3.70. The quantitative estimate of drug-likeness (QED) is 0.477. The molecule has 0 saturated heterocycles. The van der Waals surface area contributed by atoms with E-state index >= 15 is 0 Å². The van der Waals surface area contributed by atoms with Crippen molar-refractivity contribution >= 4 is 16.0 Å². The maximum absolute atomic E-state index is 11.2. The highest BCUT2D eigenvalue weighted by Gasteiger charge is 2.27. The van der Waals surface area contributed by atoms with E-state index in [1.54, 1.807) is 0 Å². The third kappa shape index (κ3) is 3.44. The van der Waals surface area contributed by atoms with Gasteiger partial charge in [-0.3, -0.25) is 4.79 Å². The van der Waals surface area contributed by atoms with Gasteiger partial charge in [-0.25, -0.2) is 13.1 Å². The van der Waals surface area contributed by atoms with Crippen molar-refractivity contribution in [2.45, 2.75) is 12.2 Å². The molecule has 0 aliphatic rings. The summed E-state index contributed by atoms with van der Waals surface area (Å²) in [4.78, 5) is 10.8. The van der Waals surface area contributed by atoms with E-state index < -0.39 is 21.2 Å². The van der Waals surface area contributed by atoms with Gasteiger partial charge in [0, 0.05) is 0 Å². The van der Waals surface area contributed by atoms with E-state index in [0.717, 1.165) is 7.11 Å². The highest BCUT2D eigenvalue weighted by Crippen LogP contribution is 1.99. The molecule has 6 heteroatoms. The van der Waals surface area contributed by atoms with Crippen molar-refractivity contribution in [1.29, 1.82) is 0 Å². The smallest absolute Gasteiger partial charge is 0.325 e. The van der Waals surface area contributed by atoms with Crippen molar-refractivity contribution < 1.29 is 17.9 Å². The standard InChI is InChI=1S/C7H11NO4S/c1-4-5-8-13(10,11)6(2)7(9)12-3/h1,6,8H,5H2,2-3H3. The number of sulfonamides is 1. The van der Waals surface area contributed by atoms with Crippen LogP contribution in [-0.4, -0.2) is 33.3 Å². The summed E-state index contributed by atoms with van der Waals surface area (Å²) in [5.74, 6) is 1.28. The van der Waals surface area contributed by atoms with E-state index in [1.165, 1.54) is 6.92 Å². The topological polar surface area (TPSA) is 72.5 Å². The molecular formula is C7H11NO4S. The fourth-order valence-corrected chi connectivity index (χ4v) is 1.44. The van der Waals surface area contributed by atoms with Gasteiger partial charge in [-0.2, -0.15) is 0 Å². The maximum Gasteiger partial charge on any atom is 0.325 e. The monoisotopic (exact) mass is 205 g/mol. The Morgan fingerprint density at radius 1 is 1.69 bits per heavy atom. The number of ether oxygens (including phenoxy) is 1. The van der Waals surface area contributed by atoms with Gasteiger partial charge in [-0.15, -0.1) is 6.42 Å². The average Bonchev–Trinajstić information content (AvgIpc) is 2.12. The second-order valence-electron chi connectivity index (χ2n) is 2.24. The van der Waals surface area contributed by atoms with Crippen LogP contribution in [0.15, 0.2) is 0 Å². The summed E-state index contributed by atoms with van der Waals surface area (Å²) in [7, 11) is -2.58. The number of hydrogen-bond donors (Lipinski definition) is 1. The number of terminal acetylenes is 1. The molecular weight excluding hydrogens is 194 g/mol. The van der Waals surface area contributed by atoms with Gasteiger partial charge in [0.15, 0.2) is 5.25 Å². The lowest BCUT2D eigenvalue weighted by molar-refractivity contribution is -0.139. The molecule has 5 nitrogen and oxygen atoms in total. The Morgan fingerprint density at radius 3 is 2.62 bits per heavy atom. The molecule has 0 saturated carbocycles. The summed E-state index contributed by atoms with van der Waals surface area (Å²) in [6, 6.07) is 0. The number of hydrogen-bond acceptors (Lipinski definition) is 4. The molecule has 0 aromatic carbocycles. The van der Waals surface area contributed by atoms with E-state index in [-0.39, 0.29) is 6.54 Å². The third-order valence-electron chi connectivity index (χ3n) is 1.37. The van der Waals surface area contributed by atoms with Crippen molar-refractivity contribution in [1.82, 2.24) is 4.72 Å². The maximum atomic E-state index is 11.2. The Hall–Kier alpha value is -1.06. The molecule has 0 aromatic rings.